The summed E-state index contributed by atoms with van der Waals surface area (Å²) in [6.45, 7) is 1.98. The van der Waals surface area contributed by atoms with E-state index in [1.54, 1.807) is 19.2 Å². The molecule has 6 N–H and O–H groups in total. The largest absolute Gasteiger partial charge is 0.593 e. The second-order valence-corrected chi connectivity index (χ2v) is 11.1. The highest BCUT2D eigenvalue weighted by molar-refractivity contribution is 7.89. The van der Waals surface area contributed by atoms with Gasteiger partial charge in [-0.3, -0.25) is 10.2 Å². The van der Waals surface area contributed by atoms with E-state index in [0.29, 0.717) is 42.4 Å². The Labute approximate surface area is 233 Å². The lowest BCUT2D eigenvalue weighted by Crippen LogP contribution is -2.51. The molecule has 9 heteroatoms. The molecule has 2 atom stereocenters. The molecule has 4 rings (SSSR count). The lowest BCUT2D eigenvalue weighted by molar-refractivity contribution is -0.134. The van der Waals surface area contributed by atoms with Gasteiger partial charge in [-0.05, 0) is 72.7 Å². The number of ether oxygens (including phenoxy) is 1. The van der Waals surface area contributed by atoms with Gasteiger partial charge in [0.2, 0.25) is 5.91 Å². The van der Waals surface area contributed by atoms with Crippen LogP contribution in [0, 0.1) is 11.3 Å². The molecule has 1 aliphatic heterocycles. The number of hydrogen-bond donors (Lipinski definition) is 4. The summed E-state index contributed by atoms with van der Waals surface area (Å²) in [5.74, 6) is 1.19. The number of carbonyl (C=O) groups excluding carboxylic acids is 1. The standard InChI is InChI=1S/C30H37N5O3S/c1-38-26-10-8-23(9-11-26)24-5-3-7-27(20-24)39(37)34-28(19-22-4-2-6-25(18-22)29(32)33)30(36)35-16-13-21(12-15-31)14-17-35/h2-11,18,20-21,28,34H,12-17,19,31H2,1H3,(H3,32,33). The van der Waals surface area contributed by atoms with Crippen LogP contribution < -0.4 is 20.9 Å². The van der Waals surface area contributed by atoms with Crippen molar-refractivity contribution < 1.29 is 14.1 Å². The van der Waals surface area contributed by atoms with Gasteiger partial charge in [0.05, 0.1) is 18.5 Å². The van der Waals surface area contributed by atoms with E-state index in [0.717, 1.165) is 41.7 Å². The van der Waals surface area contributed by atoms with E-state index in [9.17, 15) is 9.35 Å². The van der Waals surface area contributed by atoms with Crippen LogP contribution in [0.5, 0.6) is 5.75 Å². The van der Waals surface area contributed by atoms with Crippen molar-refractivity contribution in [1.29, 1.82) is 5.41 Å². The van der Waals surface area contributed by atoms with Crippen molar-refractivity contribution in [2.24, 2.45) is 17.4 Å². The molecule has 1 saturated heterocycles. The molecule has 0 bridgehead atoms. The molecule has 1 aliphatic rings. The third-order valence-corrected chi connectivity index (χ3v) is 8.38. The zero-order valence-electron chi connectivity index (χ0n) is 22.3. The van der Waals surface area contributed by atoms with Gasteiger partial charge in [-0.2, -0.15) is 0 Å². The molecule has 0 saturated carbocycles. The van der Waals surface area contributed by atoms with Crippen molar-refractivity contribution >= 4 is 23.1 Å². The zero-order chi connectivity index (χ0) is 27.8. The molecule has 2 unspecified atom stereocenters. The number of nitrogen functional groups attached to an aromatic ring is 1. The number of carbonyl (C=O) groups is 1. The minimum Gasteiger partial charge on any atom is -0.593 e. The number of nitrogens with zero attached hydrogens (tertiary/aromatic N) is 1. The normalized spacial score (nSPS) is 15.5. The van der Waals surface area contributed by atoms with Gasteiger partial charge in [-0.15, -0.1) is 4.72 Å². The third-order valence-electron chi connectivity index (χ3n) is 7.20. The number of nitrogens with one attached hydrogen (secondary N) is 2. The highest BCUT2D eigenvalue weighted by atomic mass is 32.2. The Hall–Kier alpha value is -3.37. The Morgan fingerprint density at radius 3 is 2.49 bits per heavy atom. The predicted molar refractivity (Wildman–Crippen MR) is 156 cm³/mol. The summed E-state index contributed by atoms with van der Waals surface area (Å²) >= 11 is -1.63. The van der Waals surface area contributed by atoms with E-state index < -0.39 is 17.4 Å². The number of rotatable bonds is 11. The number of amides is 1. The number of hydrogen-bond acceptors (Lipinski definition) is 6. The first kappa shape index (κ1) is 28.6. The molecule has 1 fully saturated rings. The van der Waals surface area contributed by atoms with Crippen LogP contribution in [0.15, 0.2) is 77.7 Å². The third kappa shape index (κ3) is 7.60. The Kier molecular flexibility index (Phi) is 10.00. The molecule has 1 heterocycles. The first-order valence-electron chi connectivity index (χ1n) is 13.2. The molecule has 8 nitrogen and oxygen atoms in total. The molecular weight excluding hydrogens is 510 g/mol. The lowest BCUT2D eigenvalue weighted by Gasteiger charge is -2.34. The van der Waals surface area contributed by atoms with Gasteiger partial charge in [-0.1, -0.05) is 42.5 Å². The molecule has 3 aromatic rings. The maximum Gasteiger partial charge on any atom is 0.244 e. The fourth-order valence-electron chi connectivity index (χ4n) is 4.95. The van der Waals surface area contributed by atoms with Crippen molar-refractivity contribution in [3.63, 3.8) is 0 Å². The van der Waals surface area contributed by atoms with Crippen LogP contribution in [0.3, 0.4) is 0 Å². The second-order valence-electron chi connectivity index (χ2n) is 9.86. The summed E-state index contributed by atoms with van der Waals surface area (Å²) in [6.07, 6.45) is 3.13. The van der Waals surface area contributed by atoms with Crippen molar-refractivity contribution in [2.75, 3.05) is 26.7 Å². The Morgan fingerprint density at radius 1 is 1.10 bits per heavy atom. The topological polar surface area (TPSA) is 141 Å². The Morgan fingerprint density at radius 2 is 1.82 bits per heavy atom. The molecule has 1 amide bonds. The van der Waals surface area contributed by atoms with Crippen LogP contribution in [0.1, 0.15) is 30.4 Å². The number of nitrogens with two attached hydrogens (primary N) is 2. The lowest BCUT2D eigenvalue weighted by atomic mass is 9.93. The molecule has 0 radical (unpaired) electrons. The van der Waals surface area contributed by atoms with Crippen LogP contribution >= 0.6 is 0 Å². The quantitative estimate of drug-likeness (QED) is 0.165. The fourth-order valence-corrected chi connectivity index (χ4v) is 5.97. The van der Waals surface area contributed by atoms with E-state index in [1.807, 2.05) is 65.6 Å². The van der Waals surface area contributed by atoms with Crippen LogP contribution in [0.25, 0.3) is 11.1 Å². The van der Waals surface area contributed by atoms with E-state index in [-0.39, 0.29) is 11.7 Å². The Bertz CT molecular complexity index is 1260. The smallest absolute Gasteiger partial charge is 0.244 e. The van der Waals surface area contributed by atoms with Gasteiger partial charge in [-0.25, -0.2) is 0 Å². The maximum absolute atomic E-state index is 13.7. The molecule has 0 spiro atoms. The van der Waals surface area contributed by atoms with Crippen LogP contribution in [-0.4, -0.2) is 54.0 Å². The van der Waals surface area contributed by atoms with Crippen molar-refractivity contribution in [3.8, 4) is 16.9 Å². The van der Waals surface area contributed by atoms with E-state index in [2.05, 4.69) is 4.72 Å². The van der Waals surface area contributed by atoms with Crippen LogP contribution in [0.2, 0.25) is 0 Å². The van der Waals surface area contributed by atoms with Gasteiger partial charge in [0, 0.05) is 31.1 Å². The second kappa shape index (κ2) is 13.6. The fraction of sp³-hybridized carbons (Fsp3) is 0.333. The SMILES string of the molecule is COc1ccc(-c2cccc([S+]([O-])NC(Cc3cccc(C(=N)N)c3)C(=O)N3CCC(CCN)CC3)c2)cc1. The highest BCUT2D eigenvalue weighted by Gasteiger charge is 2.32. The van der Waals surface area contributed by atoms with Gasteiger partial charge in [0.1, 0.15) is 17.6 Å². The summed E-state index contributed by atoms with van der Waals surface area (Å²) in [6, 6.07) is 21.8. The molecule has 3 aromatic carbocycles. The van der Waals surface area contributed by atoms with Crippen molar-refractivity contribution in [2.45, 2.75) is 36.6 Å². The number of amidine groups is 1. The first-order valence-corrected chi connectivity index (χ1v) is 14.4. The molecule has 206 valence electrons. The van der Waals surface area contributed by atoms with Gasteiger partial charge >= 0.3 is 0 Å². The monoisotopic (exact) mass is 547 g/mol. The minimum absolute atomic E-state index is 0.0337. The highest BCUT2D eigenvalue weighted by Crippen LogP contribution is 2.26. The average Bonchev–Trinajstić information content (AvgIpc) is 2.97. The maximum atomic E-state index is 13.7. The predicted octanol–water partition coefficient (Wildman–Crippen LogP) is 3.46. The summed E-state index contributed by atoms with van der Waals surface area (Å²) in [7, 11) is 1.63. The molecule has 0 aliphatic carbocycles. The van der Waals surface area contributed by atoms with Crippen molar-refractivity contribution in [3.05, 3.63) is 83.9 Å². The molecular formula is C30H37N5O3S. The molecule has 39 heavy (non-hydrogen) atoms. The zero-order valence-corrected chi connectivity index (χ0v) is 23.1. The van der Waals surface area contributed by atoms with E-state index >= 15 is 0 Å². The summed E-state index contributed by atoms with van der Waals surface area (Å²) in [5.41, 5.74) is 14.8. The number of benzene rings is 3. The van der Waals surface area contributed by atoms with Gasteiger partial charge in [0.15, 0.2) is 4.90 Å². The van der Waals surface area contributed by atoms with Gasteiger partial charge in [0.25, 0.3) is 0 Å². The summed E-state index contributed by atoms with van der Waals surface area (Å²) in [4.78, 5) is 16.2. The summed E-state index contributed by atoms with van der Waals surface area (Å²) in [5, 5.41) is 7.77. The average molecular weight is 548 g/mol. The van der Waals surface area contributed by atoms with Crippen LogP contribution in [0.4, 0.5) is 0 Å². The van der Waals surface area contributed by atoms with E-state index in [4.69, 9.17) is 21.6 Å². The number of piperidine rings is 1. The minimum atomic E-state index is -1.63. The number of likely N-dealkylation sites (tertiary alicyclic amines) is 1. The first-order chi connectivity index (χ1) is 18.9. The van der Waals surface area contributed by atoms with Gasteiger partial charge < -0.3 is 25.7 Å². The van der Waals surface area contributed by atoms with E-state index in [1.165, 1.54) is 0 Å². The van der Waals surface area contributed by atoms with Crippen molar-refractivity contribution in [1.82, 2.24) is 9.62 Å². The van der Waals surface area contributed by atoms with Crippen LogP contribution in [-0.2, 0) is 22.6 Å². The number of methoxy groups -OCH3 is 1. The summed E-state index contributed by atoms with van der Waals surface area (Å²) < 4.78 is 21.9. The Balaban J connectivity index is 1.54. The molecule has 0 aromatic heterocycles.